The third-order valence-corrected chi connectivity index (χ3v) is 3.67. The van der Waals surface area contributed by atoms with E-state index in [2.05, 4.69) is 25.2 Å². The molecule has 0 aromatic rings. The molecular formula is C12H22N2. The lowest BCUT2D eigenvalue weighted by Gasteiger charge is -2.36. The fourth-order valence-corrected chi connectivity index (χ4v) is 2.78. The molecule has 0 amide bonds. The number of nitrogens with zero attached hydrogens (tertiary/aromatic N) is 1. The predicted octanol–water partition coefficient (Wildman–Crippen LogP) is 2.70. The van der Waals surface area contributed by atoms with Gasteiger partial charge in [-0.05, 0) is 31.7 Å². The second-order valence-corrected chi connectivity index (χ2v) is 4.78. The topological polar surface area (TPSA) is 35.8 Å². The van der Waals surface area contributed by atoms with Crippen molar-refractivity contribution < 1.29 is 0 Å². The van der Waals surface area contributed by atoms with Gasteiger partial charge in [0.05, 0.1) is 6.07 Å². The first-order valence-corrected chi connectivity index (χ1v) is 5.76. The first-order valence-electron chi connectivity index (χ1n) is 5.76. The lowest BCUT2D eigenvalue weighted by molar-refractivity contribution is 0.211. The van der Waals surface area contributed by atoms with E-state index in [-0.39, 0.29) is 5.54 Å². The van der Waals surface area contributed by atoms with Gasteiger partial charge in [-0.15, -0.1) is 0 Å². The van der Waals surface area contributed by atoms with E-state index in [1.165, 1.54) is 25.7 Å². The highest BCUT2D eigenvalue weighted by Crippen LogP contribution is 2.36. The van der Waals surface area contributed by atoms with Crippen LogP contribution in [0, 0.1) is 23.2 Å². The number of rotatable bonds is 2. The van der Waals surface area contributed by atoms with Crippen LogP contribution in [0.2, 0.25) is 0 Å². The summed E-state index contributed by atoms with van der Waals surface area (Å²) in [4.78, 5) is 0. The quantitative estimate of drug-likeness (QED) is 0.686. The van der Waals surface area contributed by atoms with Crippen molar-refractivity contribution >= 4 is 0 Å². The van der Waals surface area contributed by atoms with Crippen molar-refractivity contribution in [3.05, 3.63) is 0 Å². The van der Waals surface area contributed by atoms with Gasteiger partial charge in [0.1, 0.15) is 5.54 Å². The van der Waals surface area contributed by atoms with Gasteiger partial charge >= 0.3 is 0 Å². The lowest BCUT2D eigenvalue weighted by atomic mass is 9.74. The van der Waals surface area contributed by atoms with Gasteiger partial charge in [-0.3, -0.25) is 0 Å². The first-order chi connectivity index (χ1) is 6.66. The van der Waals surface area contributed by atoms with Crippen molar-refractivity contribution in [2.24, 2.45) is 11.8 Å². The van der Waals surface area contributed by atoms with E-state index in [1.54, 1.807) is 0 Å². The summed E-state index contributed by atoms with van der Waals surface area (Å²) in [6.07, 6.45) is 5.98. The largest absolute Gasteiger partial charge is 0.302 e. The molecule has 0 radical (unpaired) electrons. The standard InChI is InChI=1S/C12H22N2/c1-10(2)11-7-5-4-6-8-12(11,9-13)14-3/h10-11,14H,4-8H2,1-3H3. The van der Waals surface area contributed by atoms with Crippen LogP contribution < -0.4 is 5.32 Å². The van der Waals surface area contributed by atoms with E-state index >= 15 is 0 Å². The summed E-state index contributed by atoms with van der Waals surface area (Å²) in [5, 5.41) is 12.7. The Balaban J connectivity index is 2.89. The minimum absolute atomic E-state index is 0.259. The summed E-state index contributed by atoms with van der Waals surface area (Å²) in [6.45, 7) is 4.47. The summed E-state index contributed by atoms with van der Waals surface area (Å²) in [7, 11) is 1.93. The van der Waals surface area contributed by atoms with Crippen LogP contribution in [0.25, 0.3) is 0 Å². The Bertz CT molecular complexity index is 217. The van der Waals surface area contributed by atoms with Crippen molar-refractivity contribution in [1.29, 1.82) is 5.26 Å². The van der Waals surface area contributed by atoms with E-state index < -0.39 is 0 Å². The molecule has 0 aromatic heterocycles. The molecule has 1 aliphatic carbocycles. The number of nitrogens with one attached hydrogen (secondary N) is 1. The number of hydrogen-bond donors (Lipinski definition) is 1. The van der Waals surface area contributed by atoms with E-state index in [0.717, 1.165) is 6.42 Å². The molecule has 0 aromatic carbocycles. The maximum atomic E-state index is 9.37. The van der Waals surface area contributed by atoms with Crippen molar-refractivity contribution in [2.45, 2.75) is 51.5 Å². The molecule has 0 heterocycles. The number of hydrogen-bond acceptors (Lipinski definition) is 2. The van der Waals surface area contributed by atoms with E-state index in [1.807, 2.05) is 7.05 Å². The summed E-state index contributed by atoms with van der Waals surface area (Å²) < 4.78 is 0. The van der Waals surface area contributed by atoms with Crippen LogP contribution >= 0.6 is 0 Å². The Kier molecular flexibility index (Phi) is 3.95. The Morgan fingerprint density at radius 2 is 2.07 bits per heavy atom. The fraction of sp³-hybridized carbons (Fsp3) is 0.917. The first kappa shape index (κ1) is 11.5. The van der Waals surface area contributed by atoms with Gasteiger partial charge in [0.15, 0.2) is 0 Å². The highest BCUT2D eigenvalue weighted by Gasteiger charge is 2.39. The van der Waals surface area contributed by atoms with Crippen LogP contribution in [0.5, 0.6) is 0 Å². The molecule has 0 saturated heterocycles. The summed E-state index contributed by atoms with van der Waals surface area (Å²) in [5.74, 6) is 1.11. The van der Waals surface area contributed by atoms with Gasteiger partial charge in [0.2, 0.25) is 0 Å². The molecule has 1 rings (SSSR count). The molecule has 1 saturated carbocycles. The molecule has 0 aliphatic heterocycles. The third kappa shape index (κ3) is 2.09. The van der Waals surface area contributed by atoms with E-state index in [4.69, 9.17) is 0 Å². The van der Waals surface area contributed by atoms with Crippen LogP contribution in [-0.4, -0.2) is 12.6 Å². The molecule has 2 unspecified atom stereocenters. The van der Waals surface area contributed by atoms with Gasteiger partial charge in [-0.2, -0.15) is 5.26 Å². The highest BCUT2D eigenvalue weighted by atomic mass is 15.0. The van der Waals surface area contributed by atoms with Gasteiger partial charge in [-0.1, -0.05) is 33.1 Å². The molecule has 0 bridgehead atoms. The lowest BCUT2D eigenvalue weighted by Crippen LogP contribution is -2.49. The molecule has 2 heteroatoms. The molecule has 2 nitrogen and oxygen atoms in total. The monoisotopic (exact) mass is 194 g/mol. The Hall–Kier alpha value is -0.550. The van der Waals surface area contributed by atoms with E-state index in [0.29, 0.717) is 11.8 Å². The summed E-state index contributed by atoms with van der Waals surface area (Å²) in [5.41, 5.74) is -0.259. The molecule has 0 spiro atoms. The fourth-order valence-electron chi connectivity index (χ4n) is 2.78. The van der Waals surface area contributed by atoms with Crippen LogP contribution in [0.15, 0.2) is 0 Å². The zero-order valence-electron chi connectivity index (χ0n) is 9.64. The second kappa shape index (κ2) is 4.79. The average molecular weight is 194 g/mol. The van der Waals surface area contributed by atoms with Crippen molar-refractivity contribution in [3.63, 3.8) is 0 Å². The zero-order valence-corrected chi connectivity index (χ0v) is 9.64. The molecule has 1 N–H and O–H groups in total. The molecule has 14 heavy (non-hydrogen) atoms. The van der Waals surface area contributed by atoms with Gasteiger partial charge in [0.25, 0.3) is 0 Å². The second-order valence-electron chi connectivity index (χ2n) is 4.78. The zero-order chi connectivity index (χ0) is 10.6. The minimum Gasteiger partial charge on any atom is -0.302 e. The van der Waals surface area contributed by atoms with Crippen LogP contribution in [0.3, 0.4) is 0 Å². The average Bonchev–Trinajstić information content (AvgIpc) is 2.39. The SMILES string of the molecule is CNC1(C#N)CCCCCC1C(C)C. The molecule has 1 aliphatic rings. The Labute approximate surface area is 87.7 Å². The molecule has 1 fully saturated rings. The van der Waals surface area contributed by atoms with Gasteiger partial charge < -0.3 is 5.32 Å². The van der Waals surface area contributed by atoms with Crippen LogP contribution in [0.4, 0.5) is 0 Å². The molecular weight excluding hydrogens is 172 g/mol. The van der Waals surface area contributed by atoms with Crippen LogP contribution in [-0.2, 0) is 0 Å². The summed E-state index contributed by atoms with van der Waals surface area (Å²) in [6, 6.07) is 2.53. The van der Waals surface area contributed by atoms with Crippen molar-refractivity contribution in [3.8, 4) is 6.07 Å². The highest BCUT2D eigenvalue weighted by molar-refractivity contribution is 5.11. The maximum absolute atomic E-state index is 9.37. The van der Waals surface area contributed by atoms with Crippen molar-refractivity contribution in [1.82, 2.24) is 5.32 Å². The third-order valence-electron chi connectivity index (χ3n) is 3.67. The van der Waals surface area contributed by atoms with Crippen LogP contribution in [0.1, 0.15) is 46.0 Å². The number of nitriles is 1. The summed E-state index contributed by atoms with van der Waals surface area (Å²) >= 11 is 0. The minimum atomic E-state index is -0.259. The van der Waals surface area contributed by atoms with Crippen molar-refractivity contribution in [2.75, 3.05) is 7.05 Å². The predicted molar refractivity (Wildman–Crippen MR) is 58.8 cm³/mol. The normalized spacial score (nSPS) is 33.8. The van der Waals surface area contributed by atoms with Gasteiger partial charge in [-0.25, -0.2) is 0 Å². The van der Waals surface area contributed by atoms with Gasteiger partial charge in [0, 0.05) is 0 Å². The Morgan fingerprint density at radius 3 is 2.57 bits per heavy atom. The molecule has 80 valence electrons. The Morgan fingerprint density at radius 1 is 1.36 bits per heavy atom. The smallest absolute Gasteiger partial charge is 0.109 e. The van der Waals surface area contributed by atoms with E-state index in [9.17, 15) is 5.26 Å². The maximum Gasteiger partial charge on any atom is 0.109 e. The molecule has 2 atom stereocenters.